The fraction of sp³-hybridized carbons (Fsp3) is 0.125. The van der Waals surface area contributed by atoms with Crippen LogP contribution in [-0.4, -0.2) is 23.2 Å². The third-order valence-corrected chi connectivity index (χ3v) is 4.19. The standard InChI is InChI=1S/C16H13NO3S/c1-20-12-4-2-3-11(9-12)16-17-13-6-5-10(8-15(18)19)7-14(13)21-16/h2-7,9H,8H2,1H3,(H,18,19). The van der Waals surface area contributed by atoms with Crippen LogP contribution in [0.5, 0.6) is 5.75 Å². The number of carboxylic acid groups (broad SMARTS) is 1. The van der Waals surface area contributed by atoms with Crippen LogP contribution >= 0.6 is 11.3 Å². The number of hydrogen-bond acceptors (Lipinski definition) is 4. The Morgan fingerprint density at radius 3 is 2.90 bits per heavy atom. The number of carboxylic acids is 1. The number of hydrogen-bond donors (Lipinski definition) is 1. The number of benzene rings is 2. The van der Waals surface area contributed by atoms with Crippen LogP contribution in [0.1, 0.15) is 5.56 Å². The highest BCUT2D eigenvalue weighted by Crippen LogP contribution is 2.32. The van der Waals surface area contributed by atoms with Gasteiger partial charge < -0.3 is 9.84 Å². The molecule has 0 saturated carbocycles. The summed E-state index contributed by atoms with van der Waals surface area (Å²) in [5.41, 5.74) is 2.66. The second kappa shape index (κ2) is 5.54. The lowest BCUT2D eigenvalue weighted by atomic mass is 10.1. The summed E-state index contributed by atoms with van der Waals surface area (Å²) in [7, 11) is 1.63. The Morgan fingerprint density at radius 2 is 2.14 bits per heavy atom. The SMILES string of the molecule is COc1cccc(-c2nc3ccc(CC(=O)O)cc3s2)c1. The Kier molecular flexibility index (Phi) is 3.58. The predicted molar refractivity (Wildman–Crippen MR) is 82.9 cm³/mol. The van der Waals surface area contributed by atoms with Crippen LogP contribution in [0.25, 0.3) is 20.8 Å². The van der Waals surface area contributed by atoms with Gasteiger partial charge in [0.15, 0.2) is 0 Å². The summed E-state index contributed by atoms with van der Waals surface area (Å²) in [5.74, 6) is -0.0368. The first-order chi connectivity index (χ1) is 10.2. The lowest BCUT2D eigenvalue weighted by molar-refractivity contribution is -0.136. The van der Waals surface area contributed by atoms with Gasteiger partial charge in [0.1, 0.15) is 10.8 Å². The number of fused-ring (bicyclic) bond motifs is 1. The second-order valence-corrected chi connectivity index (χ2v) is 5.65. The first-order valence-corrected chi connectivity index (χ1v) is 7.23. The van der Waals surface area contributed by atoms with Gasteiger partial charge in [-0.2, -0.15) is 0 Å². The van der Waals surface area contributed by atoms with Gasteiger partial charge in [0.2, 0.25) is 0 Å². The number of methoxy groups -OCH3 is 1. The minimum Gasteiger partial charge on any atom is -0.497 e. The molecule has 5 heteroatoms. The third-order valence-electron chi connectivity index (χ3n) is 3.12. The van der Waals surface area contributed by atoms with Gasteiger partial charge in [0.25, 0.3) is 0 Å². The monoisotopic (exact) mass is 299 g/mol. The fourth-order valence-corrected chi connectivity index (χ4v) is 3.16. The van der Waals surface area contributed by atoms with Gasteiger partial charge in [-0.3, -0.25) is 4.79 Å². The lowest BCUT2D eigenvalue weighted by Crippen LogP contribution is -1.99. The summed E-state index contributed by atoms with van der Waals surface area (Å²) in [4.78, 5) is 15.4. The van der Waals surface area contributed by atoms with Crippen molar-refractivity contribution >= 4 is 27.5 Å². The lowest BCUT2D eigenvalue weighted by Gasteiger charge is -2.00. The van der Waals surface area contributed by atoms with Gasteiger partial charge in [-0.05, 0) is 29.8 Å². The number of ether oxygens (including phenoxy) is 1. The number of rotatable bonds is 4. The predicted octanol–water partition coefficient (Wildman–Crippen LogP) is 3.60. The van der Waals surface area contributed by atoms with Gasteiger partial charge in [0.05, 0.1) is 23.7 Å². The van der Waals surface area contributed by atoms with Crippen LogP contribution < -0.4 is 4.74 Å². The Bertz CT molecular complexity index is 810. The smallest absolute Gasteiger partial charge is 0.307 e. The molecule has 0 radical (unpaired) electrons. The van der Waals surface area contributed by atoms with Crippen LogP contribution in [0.15, 0.2) is 42.5 Å². The molecule has 4 nitrogen and oxygen atoms in total. The minimum absolute atomic E-state index is 0.0301. The van der Waals surface area contributed by atoms with E-state index in [0.717, 1.165) is 32.1 Å². The fourth-order valence-electron chi connectivity index (χ4n) is 2.13. The van der Waals surface area contributed by atoms with Crippen molar-refractivity contribution in [3.63, 3.8) is 0 Å². The molecule has 0 fully saturated rings. The molecule has 0 amide bonds. The third kappa shape index (κ3) is 2.87. The number of aromatic nitrogens is 1. The van der Waals surface area contributed by atoms with Gasteiger partial charge in [0, 0.05) is 5.56 Å². The van der Waals surface area contributed by atoms with Crippen molar-refractivity contribution in [1.29, 1.82) is 0 Å². The van der Waals surface area contributed by atoms with Crippen molar-refractivity contribution in [1.82, 2.24) is 4.98 Å². The molecule has 3 rings (SSSR count). The van der Waals surface area contributed by atoms with E-state index < -0.39 is 5.97 Å². The maximum atomic E-state index is 10.8. The first-order valence-electron chi connectivity index (χ1n) is 6.41. The highest BCUT2D eigenvalue weighted by molar-refractivity contribution is 7.21. The minimum atomic E-state index is -0.827. The zero-order valence-electron chi connectivity index (χ0n) is 11.4. The van der Waals surface area contributed by atoms with Crippen molar-refractivity contribution in [3.05, 3.63) is 48.0 Å². The molecule has 1 heterocycles. The van der Waals surface area contributed by atoms with Crippen LogP contribution in [0, 0.1) is 0 Å². The topological polar surface area (TPSA) is 59.4 Å². The largest absolute Gasteiger partial charge is 0.497 e. The molecule has 0 saturated heterocycles. The molecule has 3 aromatic rings. The average Bonchev–Trinajstić information content (AvgIpc) is 2.90. The summed E-state index contributed by atoms with van der Waals surface area (Å²) in [6.07, 6.45) is 0.0301. The Hall–Kier alpha value is -2.40. The zero-order chi connectivity index (χ0) is 14.8. The van der Waals surface area contributed by atoms with Crippen molar-refractivity contribution in [2.75, 3.05) is 7.11 Å². The number of aliphatic carboxylic acids is 1. The average molecular weight is 299 g/mol. The molecule has 21 heavy (non-hydrogen) atoms. The molecule has 2 aromatic carbocycles. The second-order valence-electron chi connectivity index (χ2n) is 4.62. The normalized spacial score (nSPS) is 10.7. The van der Waals surface area contributed by atoms with E-state index in [0.29, 0.717) is 0 Å². The van der Waals surface area contributed by atoms with E-state index in [1.807, 2.05) is 42.5 Å². The molecular formula is C16H13NO3S. The molecule has 0 atom stereocenters. The highest BCUT2D eigenvalue weighted by atomic mass is 32.1. The Morgan fingerprint density at radius 1 is 1.29 bits per heavy atom. The van der Waals surface area contributed by atoms with E-state index in [1.165, 1.54) is 0 Å². The number of nitrogens with zero attached hydrogens (tertiary/aromatic N) is 1. The van der Waals surface area contributed by atoms with Crippen molar-refractivity contribution in [3.8, 4) is 16.3 Å². The van der Waals surface area contributed by atoms with Gasteiger partial charge in [-0.25, -0.2) is 4.98 Å². The van der Waals surface area contributed by atoms with Gasteiger partial charge in [-0.1, -0.05) is 18.2 Å². The molecule has 0 aliphatic carbocycles. The van der Waals surface area contributed by atoms with Crippen LogP contribution in [-0.2, 0) is 11.2 Å². The maximum Gasteiger partial charge on any atom is 0.307 e. The molecule has 1 N–H and O–H groups in total. The molecule has 0 aliphatic heterocycles. The first kappa shape index (κ1) is 13.6. The van der Waals surface area contributed by atoms with E-state index in [-0.39, 0.29) is 6.42 Å². The molecule has 0 aliphatic rings. The summed E-state index contributed by atoms with van der Waals surface area (Å²) >= 11 is 1.55. The van der Waals surface area contributed by atoms with Crippen molar-refractivity contribution in [2.24, 2.45) is 0 Å². The molecule has 0 spiro atoms. The summed E-state index contributed by atoms with van der Waals surface area (Å²) in [6, 6.07) is 13.3. The molecule has 1 aromatic heterocycles. The maximum absolute atomic E-state index is 10.8. The van der Waals surface area contributed by atoms with Crippen LogP contribution in [0.3, 0.4) is 0 Å². The van der Waals surface area contributed by atoms with E-state index in [9.17, 15) is 4.79 Å². The Balaban J connectivity index is 2.02. The van der Waals surface area contributed by atoms with Crippen LogP contribution in [0.4, 0.5) is 0 Å². The van der Waals surface area contributed by atoms with E-state index in [2.05, 4.69) is 4.98 Å². The van der Waals surface area contributed by atoms with Gasteiger partial charge >= 0.3 is 5.97 Å². The molecule has 0 unspecified atom stereocenters. The molecule has 0 bridgehead atoms. The number of carbonyl (C=O) groups is 1. The quantitative estimate of drug-likeness (QED) is 0.799. The van der Waals surface area contributed by atoms with Gasteiger partial charge in [-0.15, -0.1) is 11.3 Å². The van der Waals surface area contributed by atoms with Crippen molar-refractivity contribution < 1.29 is 14.6 Å². The van der Waals surface area contributed by atoms with E-state index in [1.54, 1.807) is 18.4 Å². The summed E-state index contributed by atoms with van der Waals surface area (Å²) < 4.78 is 6.22. The van der Waals surface area contributed by atoms with Crippen molar-refractivity contribution in [2.45, 2.75) is 6.42 Å². The highest BCUT2D eigenvalue weighted by Gasteiger charge is 2.09. The summed E-state index contributed by atoms with van der Waals surface area (Å²) in [6.45, 7) is 0. The zero-order valence-corrected chi connectivity index (χ0v) is 12.2. The Labute approximate surface area is 125 Å². The molecule has 106 valence electrons. The number of thiazole rings is 1. The van der Waals surface area contributed by atoms with E-state index in [4.69, 9.17) is 9.84 Å². The van der Waals surface area contributed by atoms with E-state index >= 15 is 0 Å². The molecular weight excluding hydrogens is 286 g/mol. The van der Waals surface area contributed by atoms with Crippen LogP contribution in [0.2, 0.25) is 0 Å². The summed E-state index contributed by atoms with van der Waals surface area (Å²) in [5, 5.41) is 9.75.